The first-order valence-electron chi connectivity index (χ1n) is 12.0. The van der Waals surface area contributed by atoms with Crippen molar-refractivity contribution in [1.82, 2.24) is 14.9 Å². The van der Waals surface area contributed by atoms with Gasteiger partial charge in [-0.2, -0.15) is 8.42 Å². The Morgan fingerprint density at radius 3 is 2.55 bits per heavy atom. The number of nitrogens with one attached hydrogen (secondary N) is 1. The smallest absolute Gasteiger partial charge is 0.339 e. The van der Waals surface area contributed by atoms with Gasteiger partial charge in [0.05, 0.1) is 18.4 Å². The number of aromatic nitrogens is 2. The lowest BCUT2D eigenvalue weighted by Crippen LogP contribution is -2.36. The van der Waals surface area contributed by atoms with Crippen molar-refractivity contribution in [2.24, 2.45) is 4.99 Å². The van der Waals surface area contributed by atoms with Crippen LogP contribution < -0.4 is 15.1 Å². The molecule has 0 bridgehead atoms. The van der Waals surface area contributed by atoms with Crippen molar-refractivity contribution in [3.8, 4) is 5.75 Å². The molecule has 3 aromatic rings. The third kappa shape index (κ3) is 5.97. The van der Waals surface area contributed by atoms with Crippen LogP contribution in [0.1, 0.15) is 41.6 Å². The van der Waals surface area contributed by atoms with E-state index >= 15 is 0 Å². The number of hydrogen-bond acceptors (Lipinski definition) is 8. The first kappa shape index (κ1) is 27.1. The summed E-state index contributed by atoms with van der Waals surface area (Å²) in [6, 6.07) is 12.7. The van der Waals surface area contributed by atoms with Crippen LogP contribution >= 0.6 is 0 Å². The molecule has 2 heterocycles. The zero-order valence-corrected chi connectivity index (χ0v) is 21.7. The second kappa shape index (κ2) is 11.7. The maximum atomic E-state index is 13.7. The van der Waals surface area contributed by atoms with Gasteiger partial charge in [-0.15, -0.1) is 0 Å². The van der Waals surface area contributed by atoms with E-state index in [4.69, 9.17) is 8.92 Å². The van der Waals surface area contributed by atoms with Gasteiger partial charge in [0.15, 0.2) is 11.5 Å². The van der Waals surface area contributed by atoms with Crippen LogP contribution in [0.25, 0.3) is 0 Å². The quantitative estimate of drug-likeness (QED) is 0.433. The number of amides is 1. The van der Waals surface area contributed by atoms with E-state index in [1.54, 1.807) is 6.07 Å². The molecule has 0 spiro atoms. The number of nitrogens with zero attached hydrogens (tertiary/aromatic N) is 3. The minimum Gasteiger partial charge on any atom is -0.380 e. The molecule has 1 atom stereocenters. The van der Waals surface area contributed by atoms with E-state index in [1.165, 1.54) is 60.2 Å². The van der Waals surface area contributed by atoms with Crippen molar-refractivity contribution in [2.75, 3.05) is 13.7 Å². The van der Waals surface area contributed by atoms with Gasteiger partial charge in [0.25, 0.3) is 11.5 Å². The molecule has 4 rings (SSSR count). The largest absolute Gasteiger partial charge is 0.380 e. The van der Waals surface area contributed by atoms with E-state index in [1.807, 2.05) is 6.92 Å². The predicted molar refractivity (Wildman–Crippen MR) is 137 cm³/mol. The normalized spacial score (nSPS) is 16.5. The molecule has 0 radical (unpaired) electrons. The van der Waals surface area contributed by atoms with Crippen LogP contribution in [0.15, 0.2) is 69.3 Å². The standard InChI is InChI=1S/C26H27FN4O6S/c1-3-28-21-14-13-19(36-2)16-31-24(21)30-22(25(32)29-15-17-9-11-18(27)12-10-17)23(26(31)33)37-38(34,35)20-7-5-4-6-8-20/h4-12,19H,3,13-16H2,1-2H3,(H,29,32)/t19-/m0/s1. The third-order valence-corrected chi connectivity index (χ3v) is 7.20. The second-order valence-corrected chi connectivity index (χ2v) is 10.1. The molecule has 0 unspecified atom stereocenters. The molecular formula is C26H27FN4O6S. The van der Waals surface area contributed by atoms with Gasteiger partial charge in [-0.1, -0.05) is 30.3 Å². The number of carbonyl (C=O) groups is 1. The summed E-state index contributed by atoms with van der Waals surface area (Å²) in [5.41, 5.74) is -0.271. The molecule has 10 nitrogen and oxygen atoms in total. The van der Waals surface area contributed by atoms with Crippen LogP contribution in [0.2, 0.25) is 0 Å². The third-order valence-electron chi connectivity index (χ3n) is 5.96. The monoisotopic (exact) mass is 542 g/mol. The summed E-state index contributed by atoms with van der Waals surface area (Å²) >= 11 is 0. The topological polar surface area (TPSA) is 129 Å². The van der Waals surface area contributed by atoms with Crippen molar-refractivity contribution in [3.05, 3.63) is 87.9 Å². The summed E-state index contributed by atoms with van der Waals surface area (Å²) in [4.78, 5) is 35.7. The lowest BCUT2D eigenvalue weighted by Gasteiger charge is -2.17. The maximum Gasteiger partial charge on any atom is 0.339 e. The van der Waals surface area contributed by atoms with E-state index in [0.29, 0.717) is 30.7 Å². The molecule has 1 aliphatic rings. The van der Waals surface area contributed by atoms with Gasteiger partial charge in [0, 0.05) is 20.2 Å². The van der Waals surface area contributed by atoms with Crippen LogP contribution in [0.4, 0.5) is 4.39 Å². The summed E-state index contributed by atoms with van der Waals surface area (Å²) in [6.07, 6.45) is 0.621. The zero-order chi connectivity index (χ0) is 27.3. The van der Waals surface area contributed by atoms with Crippen LogP contribution in [0, 0.1) is 5.82 Å². The molecule has 0 fully saturated rings. The van der Waals surface area contributed by atoms with E-state index in [0.717, 1.165) is 0 Å². The Balaban J connectivity index is 1.83. The fraction of sp³-hybridized carbons (Fsp3) is 0.308. The summed E-state index contributed by atoms with van der Waals surface area (Å²) in [7, 11) is -2.97. The van der Waals surface area contributed by atoms with E-state index < -0.39 is 38.8 Å². The Hall–Kier alpha value is -3.90. The minimum absolute atomic E-state index is 0.0221. The number of fused-ring (bicyclic) bond motifs is 1. The highest BCUT2D eigenvalue weighted by Gasteiger charge is 2.31. The van der Waals surface area contributed by atoms with Gasteiger partial charge in [0.1, 0.15) is 10.7 Å². The molecule has 1 aromatic heterocycles. The van der Waals surface area contributed by atoms with Crippen molar-refractivity contribution < 1.29 is 26.5 Å². The molecule has 0 saturated heterocycles. The molecule has 38 heavy (non-hydrogen) atoms. The first-order valence-corrected chi connectivity index (χ1v) is 13.4. The number of carbonyl (C=O) groups excluding carboxylic acids is 1. The molecule has 2 aromatic carbocycles. The van der Waals surface area contributed by atoms with Crippen LogP contribution in [-0.4, -0.2) is 49.3 Å². The van der Waals surface area contributed by atoms with E-state index in [2.05, 4.69) is 15.3 Å². The van der Waals surface area contributed by atoms with Crippen molar-refractivity contribution in [2.45, 2.75) is 43.9 Å². The fourth-order valence-electron chi connectivity index (χ4n) is 4.01. The van der Waals surface area contributed by atoms with Crippen LogP contribution in [-0.2, 0) is 27.9 Å². The summed E-state index contributed by atoms with van der Waals surface area (Å²) in [6.45, 7) is 2.29. The van der Waals surface area contributed by atoms with Crippen LogP contribution in [0.3, 0.4) is 0 Å². The van der Waals surface area contributed by atoms with Crippen LogP contribution in [0.5, 0.6) is 5.75 Å². The highest BCUT2D eigenvalue weighted by Crippen LogP contribution is 2.23. The summed E-state index contributed by atoms with van der Waals surface area (Å²) in [5, 5.41) is 2.61. The Morgan fingerprint density at radius 2 is 1.89 bits per heavy atom. The molecule has 0 aliphatic carbocycles. The number of rotatable bonds is 8. The average Bonchev–Trinajstić information content (AvgIpc) is 3.09. The number of halogens is 1. The predicted octanol–water partition coefficient (Wildman–Crippen LogP) is 2.70. The number of ether oxygens (including phenoxy) is 1. The molecule has 200 valence electrons. The Kier molecular flexibility index (Phi) is 8.32. The molecular weight excluding hydrogens is 515 g/mol. The highest BCUT2D eigenvalue weighted by atomic mass is 32.2. The minimum atomic E-state index is -4.48. The van der Waals surface area contributed by atoms with Gasteiger partial charge in [-0.05, 0) is 49.6 Å². The van der Waals surface area contributed by atoms with Gasteiger partial charge in [-0.25, -0.2) is 9.37 Å². The molecule has 12 heteroatoms. The Bertz CT molecular complexity index is 1510. The molecule has 1 amide bonds. The van der Waals surface area contributed by atoms with Gasteiger partial charge in [0.2, 0.25) is 5.75 Å². The van der Waals surface area contributed by atoms with E-state index in [-0.39, 0.29) is 29.9 Å². The van der Waals surface area contributed by atoms with Crippen molar-refractivity contribution in [1.29, 1.82) is 0 Å². The van der Waals surface area contributed by atoms with Crippen molar-refractivity contribution in [3.63, 3.8) is 0 Å². The van der Waals surface area contributed by atoms with Gasteiger partial charge >= 0.3 is 10.1 Å². The maximum absolute atomic E-state index is 13.7. The lowest BCUT2D eigenvalue weighted by molar-refractivity contribution is 0.0828. The SMILES string of the molecule is CCN=C1CC[C@H](OC)Cn2c1nc(C(=O)NCc1ccc(F)cc1)c(OS(=O)(=O)c1ccccc1)c2=O. The van der Waals surface area contributed by atoms with E-state index in [9.17, 15) is 22.4 Å². The zero-order valence-electron chi connectivity index (χ0n) is 20.9. The van der Waals surface area contributed by atoms with Gasteiger partial charge in [-0.3, -0.25) is 19.1 Å². The number of aliphatic imine (C=N–C) groups is 1. The average molecular weight is 543 g/mol. The molecule has 0 saturated carbocycles. The summed E-state index contributed by atoms with van der Waals surface area (Å²) in [5.74, 6) is -1.86. The lowest BCUT2D eigenvalue weighted by atomic mass is 10.1. The number of methoxy groups -OCH3 is 1. The number of benzene rings is 2. The number of hydrogen-bond donors (Lipinski definition) is 1. The fourth-order valence-corrected chi connectivity index (χ4v) is 4.96. The molecule has 1 N–H and O–H groups in total. The Morgan fingerprint density at radius 1 is 1.18 bits per heavy atom. The molecule has 1 aliphatic heterocycles. The highest BCUT2D eigenvalue weighted by molar-refractivity contribution is 7.87. The van der Waals surface area contributed by atoms with Gasteiger partial charge < -0.3 is 14.2 Å². The first-order chi connectivity index (χ1) is 18.2. The Labute approximate surface area is 219 Å². The van der Waals surface area contributed by atoms with Crippen molar-refractivity contribution >= 4 is 21.7 Å². The summed E-state index contributed by atoms with van der Waals surface area (Å²) < 4.78 is 51.4. The second-order valence-electron chi connectivity index (χ2n) is 8.51.